The minimum absolute atomic E-state index is 0.615. The summed E-state index contributed by atoms with van der Waals surface area (Å²) < 4.78 is 4.76. The Morgan fingerprint density at radius 3 is 2.55 bits per heavy atom. The highest BCUT2D eigenvalue weighted by Crippen LogP contribution is 2.18. The van der Waals surface area contributed by atoms with Crippen LogP contribution in [0.3, 0.4) is 0 Å². The van der Waals surface area contributed by atoms with E-state index in [4.69, 9.17) is 4.52 Å². The minimum Gasteiger partial charge on any atom is -0.342 e. The van der Waals surface area contributed by atoms with Gasteiger partial charge in [-0.25, -0.2) is 0 Å². The van der Waals surface area contributed by atoms with Crippen LogP contribution in [0.1, 0.15) is 5.56 Å². The lowest BCUT2D eigenvalue weighted by molar-refractivity contribution is 0.419. The van der Waals surface area contributed by atoms with Crippen LogP contribution in [0.25, 0.3) is 11.4 Å². The standard InChI is InChI=1S/C14H17N3OS2/c1-3-12(14-16-10-18-17-14)4-2-11(1)7-15-13-8-19-5-6-20-9-13/h1-4,10,13,15H,5-9H2. The number of benzene rings is 1. The molecular weight excluding hydrogens is 290 g/mol. The lowest BCUT2D eigenvalue weighted by atomic mass is 10.1. The summed E-state index contributed by atoms with van der Waals surface area (Å²) in [6, 6.07) is 8.94. The van der Waals surface area contributed by atoms with Crippen LogP contribution in [-0.4, -0.2) is 39.2 Å². The Morgan fingerprint density at radius 2 is 1.90 bits per heavy atom. The van der Waals surface area contributed by atoms with Crippen molar-refractivity contribution in [3.63, 3.8) is 0 Å². The molecule has 3 rings (SSSR count). The molecule has 0 spiro atoms. The fourth-order valence-corrected chi connectivity index (χ4v) is 4.53. The van der Waals surface area contributed by atoms with E-state index in [1.54, 1.807) is 0 Å². The van der Waals surface area contributed by atoms with Crippen LogP contribution < -0.4 is 5.32 Å². The fourth-order valence-electron chi connectivity index (χ4n) is 2.07. The zero-order valence-electron chi connectivity index (χ0n) is 11.1. The summed E-state index contributed by atoms with van der Waals surface area (Å²) in [6.45, 7) is 0.915. The van der Waals surface area contributed by atoms with Crippen molar-refractivity contribution in [1.29, 1.82) is 0 Å². The van der Waals surface area contributed by atoms with E-state index in [0.717, 1.165) is 12.1 Å². The molecule has 0 radical (unpaired) electrons. The molecule has 0 atom stereocenters. The number of hydrogen-bond donors (Lipinski definition) is 1. The summed E-state index contributed by atoms with van der Waals surface area (Å²) >= 11 is 4.10. The van der Waals surface area contributed by atoms with E-state index >= 15 is 0 Å². The second-order valence-corrected chi connectivity index (χ2v) is 6.98. The van der Waals surface area contributed by atoms with Crippen LogP contribution in [0, 0.1) is 0 Å². The van der Waals surface area contributed by atoms with Crippen molar-refractivity contribution in [3.05, 3.63) is 36.2 Å². The summed E-state index contributed by atoms with van der Waals surface area (Å²) in [5, 5.41) is 7.48. The summed E-state index contributed by atoms with van der Waals surface area (Å²) in [4.78, 5) is 4.05. The molecule has 1 saturated heterocycles. The molecular formula is C14H17N3OS2. The summed E-state index contributed by atoms with van der Waals surface area (Å²) in [5.74, 6) is 5.63. The summed E-state index contributed by atoms with van der Waals surface area (Å²) in [7, 11) is 0. The average molecular weight is 307 g/mol. The number of aromatic nitrogens is 2. The lowest BCUT2D eigenvalue weighted by Crippen LogP contribution is -2.32. The van der Waals surface area contributed by atoms with Gasteiger partial charge in [0, 0.05) is 41.2 Å². The van der Waals surface area contributed by atoms with Crippen molar-refractivity contribution in [3.8, 4) is 11.4 Å². The first kappa shape index (κ1) is 14.0. The third kappa shape index (κ3) is 3.77. The Morgan fingerprint density at radius 1 is 1.15 bits per heavy atom. The van der Waals surface area contributed by atoms with Crippen LogP contribution in [0.4, 0.5) is 0 Å². The molecule has 2 heterocycles. The molecule has 6 heteroatoms. The van der Waals surface area contributed by atoms with Gasteiger partial charge in [-0.2, -0.15) is 28.5 Å². The van der Waals surface area contributed by atoms with Crippen molar-refractivity contribution in [1.82, 2.24) is 15.5 Å². The molecule has 4 nitrogen and oxygen atoms in total. The van der Waals surface area contributed by atoms with Gasteiger partial charge in [0.05, 0.1) is 0 Å². The van der Waals surface area contributed by atoms with Gasteiger partial charge in [0.25, 0.3) is 0 Å². The Hall–Kier alpha value is -0.980. The number of hydrogen-bond acceptors (Lipinski definition) is 6. The first-order valence-corrected chi connectivity index (χ1v) is 8.97. The number of nitrogens with one attached hydrogen (secondary N) is 1. The van der Waals surface area contributed by atoms with Gasteiger partial charge in [0.2, 0.25) is 12.2 Å². The van der Waals surface area contributed by atoms with E-state index < -0.39 is 0 Å². The van der Waals surface area contributed by atoms with E-state index in [0.29, 0.717) is 11.9 Å². The molecule has 0 aliphatic carbocycles. The van der Waals surface area contributed by atoms with Gasteiger partial charge in [-0.05, 0) is 5.56 Å². The predicted octanol–water partition coefficient (Wildman–Crippen LogP) is 2.67. The van der Waals surface area contributed by atoms with Crippen molar-refractivity contribution in [2.75, 3.05) is 23.0 Å². The van der Waals surface area contributed by atoms with Gasteiger partial charge in [-0.1, -0.05) is 29.4 Å². The van der Waals surface area contributed by atoms with E-state index in [1.165, 1.54) is 35.0 Å². The molecule has 2 aromatic rings. The van der Waals surface area contributed by atoms with Gasteiger partial charge < -0.3 is 9.84 Å². The highest BCUT2D eigenvalue weighted by Gasteiger charge is 2.12. The molecule has 1 aromatic heterocycles. The quantitative estimate of drug-likeness (QED) is 0.937. The zero-order valence-corrected chi connectivity index (χ0v) is 12.8. The SMILES string of the molecule is c1nc(-c2ccc(CNC3CSCCSC3)cc2)no1. The van der Waals surface area contributed by atoms with Crippen LogP contribution in [0.5, 0.6) is 0 Å². The third-order valence-electron chi connectivity index (χ3n) is 3.18. The van der Waals surface area contributed by atoms with Crippen LogP contribution >= 0.6 is 23.5 Å². The maximum absolute atomic E-state index is 4.76. The van der Waals surface area contributed by atoms with Crippen LogP contribution in [0.2, 0.25) is 0 Å². The normalized spacial score (nSPS) is 17.0. The van der Waals surface area contributed by atoms with Gasteiger partial charge in [-0.3, -0.25) is 0 Å². The molecule has 106 valence electrons. The second-order valence-electron chi connectivity index (χ2n) is 4.68. The Kier molecular flexibility index (Phi) is 5.00. The second kappa shape index (κ2) is 7.15. The lowest BCUT2D eigenvalue weighted by Gasteiger charge is -2.15. The topological polar surface area (TPSA) is 51.0 Å². The molecule has 1 aromatic carbocycles. The number of rotatable bonds is 4. The van der Waals surface area contributed by atoms with Gasteiger partial charge >= 0.3 is 0 Å². The molecule has 0 amide bonds. The van der Waals surface area contributed by atoms with Gasteiger partial charge in [-0.15, -0.1) is 0 Å². The smallest absolute Gasteiger partial charge is 0.214 e. The molecule has 0 saturated carbocycles. The monoisotopic (exact) mass is 307 g/mol. The molecule has 1 aliphatic heterocycles. The highest BCUT2D eigenvalue weighted by atomic mass is 32.2. The van der Waals surface area contributed by atoms with Gasteiger partial charge in [0.15, 0.2) is 0 Å². The van der Waals surface area contributed by atoms with E-state index in [2.05, 4.69) is 27.6 Å². The van der Waals surface area contributed by atoms with E-state index in [-0.39, 0.29) is 0 Å². The molecule has 1 aliphatic rings. The largest absolute Gasteiger partial charge is 0.342 e. The van der Waals surface area contributed by atoms with Gasteiger partial charge in [0.1, 0.15) is 0 Å². The van der Waals surface area contributed by atoms with E-state index in [9.17, 15) is 0 Å². The Balaban J connectivity index is 1.55. The van der Waals surface area contributed by atoms with E-state index in [1.807, 2.05) is 35.7 Å². The fraction of sp³-hybridized carbons (Fsp3) is 0.429. The Bertz CT molecular complexity index is 508. The summed E-state index contributed by atoms with van der Waals surface area (Å²) in [5.41, 5.74) is 2.28. The molecule has 0 unspecified atom stereocenters. The first-order valence-electron chi connectivity index (χ1n) is 6.66. The molecule has 0 bridgehead atoms. The predicted molar refractivity (Wildman–Crippen MR) is 85.0 cm³/mol. The van der Waals surface area contributed by atoms with Crippen molar-refractivity contribution < 1.29 is 4.52 Å². The van der Waals surface area contributed by atoms with Crippen molar-refractivity contribution in [2.45, 2.75) is 12.6 Å². The van der Waals surface area contributed by atoms with Crippen LogP contribution in [-0.2, 0) is 6.54 Å². The highest BCUT2D eigenvalue weighted by molar-refractivity contribution is 8.03. The first-order chi connectivity index (χ1) is 9.92. The molecule has 20 heavy (non-hydrogen) atoms. The molecule has 1 N–H and O–H groups in total. The maximum Gasteiger partial charge on any atom is 0.214 e. The Labute approximate surface area is 127 Å². The number of thioether (sulfide) groups is 2. The maximum atomic E-state index is 4.76. The van der Waals surface area contributed by atoms with Crippen molar-refractivity contribution >= 4 is 23.5 Å². The van der Waals surface area contributed by atoms with Crippen LogP contribution in [0.15, 0.2) is 35.2 Å². The average Bonchev–Trinajstić information content (AvgIpc) is 2.90. The molecule has 1 fully saturated rings. The van der Waals surface area contributed by atoms with Crippen molar-refractivity contribution in [2.24, 2.45) is 0 Å². The zero-order chi connectivity index (χ0) is 13.6. The minimum atomic E-state index is 0.615. The third-order valence-corrected chi connectivity index (χ3v) is 5.70. The summed E-state index contributed by atoms with van der Waals surface area (Å²) in [6.07, 6.45) is 1.35. The number of nitrogens with zero attached hydrogens (tertiary/aromatic N) is 2.